The van der Waals surface area contributed by atoms with E-state index >= 15 is 0 Å². The molecule has 0 bridgehead atoms. The molecule has 5 aromatic carbocycles. The zero-order valence-corrected chi connectivity index (χ0v) is 24.8. The first-order valence-corrected chi connectivity index (χ1v) is 14.4. The Morgan fingerprint density at radius 1 is 0.525 bits per heavy atom. The molecule has 200 valence electrons. The zero-order valence-electron chi connectivity index (χ0n) is 24.8. The average molecular weight is 522 g/mol. The summed E-state index contributed by atoms with van der Waals surface area (Å²) in [5.74, 6) is 0. The van der Waals surface area contributed by atoms with Crippen LogP contribution in [-0.2, 0) is 5.41 Å². The number of hydrogen-bond donors (Lipinski definition) is 0. The van der Waals surface area contributed by atoms with Crippen molar-refractivity contribution in [2.24, 2.45) is 0 Å². The summed E-state index contributed by atoms with van der Waals surface area (Å²) >= 11 is 0. The predicted octanol–water partition coefficient (Wildman–Crippen LogP) is 10.9. The minimum absolute atomic E-state index is 0.0262. The Morgan fingerprint density at radius 2 is 1.18 bits per heavy atom. The highest BCUT2D eigenvalue weighted by atomic mass is 15.2. The molecular weight excluding hydrogens is 482 g/mol. The van der Waals surface area contributed by atoms with E-state index < -0.39 is 0 Å². The summed E-state index contributed by atoms with van der Waals surface area (Å²) < 4.78 is 0. The van der Waals surface area contributed by atoms with Gasteiger partial charge in [-0.15, -0.1) is 0 Å². The van der Waals surface area contributed by atoms with Gasteiger partial charge in [0, 0.05) is 22.3 Å². The third-order valence-corrected chi connectivity index (χ3v) is 8.59. The van der Waals surface area contributed by atoms with E-state index in [1.165, 1.54) is 67.0 Å². The standard InChI is InChI=1S/C39H39N/c1-26-17-18-30(28-13-9-8-10-14-28)24-37(26)40(38(3,4)5)31-21-19-29(20-22-31)33-25-34-32-15-11-12-16-35(32)39(6,7)36(34)23-27(33)2/h8-25H,1-7H3. The number of fused-ring (bicyclic) bond motifs is 3. The molecule has 1 aliphatic carbocycles. The fourth-order valence-corrected chi connectivity index (χ4v) is 6.51. The van der Waals surface area contributed by atoms with Crippen LogP contribution in [0, 0.1) is 13.8 Å². The molecule has 1 aliphatic rings. The average Bonchev–Trinajstić information content (AvgIpc) is 3.15. The third-order valence-electron chi connectivity index (χ3n) is 8.59. The molecular formula is C39H39N. The number of benzene rings is 5. The van der Waals surface area contributed by atoms with Crippen LogP contribution in [0.3, 0.4) is 0 Å². The van der Waals surface area contributed by atoms with Gasteiger partial charge in [-0.1, -0.05) is 98.8 Å². The van der Waals surface area contributed by atoms with Crippen molar-refractivity contribution in [3.05, 3.63) is 131 Å². The molecule has 0 fully saturated rings. The highest BCUT2D eigenvalue weighted by Gasteiger charge is 2.35. The molecule has 0 aliphatic heterocycles. The summed E-state index contributed by atoms with van der Waals surface area (Å²) in [7, 11) is 0. The zero-order chi connectivity index (χ0) is 28.2. The van der Waals surface area contributed by atoms with E-state index in [0.717, 1.165) is 0 Å². The van der Waals surface area contributed by atoms with Gasteiger partial charge in [0.1, 0.15) is 0 Å². The van der Waals surface area contributed by atoms with Crippen LogP contribution in [0.15, 0.2) is 109 Å². The molecule has 0 atom stereocenters. The highest BCUT2D eigenvalue weighted by molar-refractivity contribution is 5.86. The lowest BCUT2D eigenvalue weighted by atomic mass is 9.81. The smallest absolute Gasteiger partial charge is 0.0451 e. The minimum Gasteiger partial charge on any atom is -0.336 e. The first kappa shape index (κ1) is 26.1. The Hall–Kier alpha value is -4.10. The van der Waals surface area contributed by atoms with Crippen LogP contribution in [0.4, 0.5) is 11.4 Å². The summed E-state index contributed by atoms with van der Waals surface area (Å²) in [6, 6.07) is 40.4. The largest absolute Gasteiger partial charge is 0.336 e. The van der Waals surface area contributed by atoms with Crippen molar-refractivity contribution in [2.45, 2.75) is 59.4 Å². The van der Waals surface area contributed by atoms with Crippen molar-refractivity contribution in [3.8, 4) is 33.4 Å². The van der Waals surface area contributed by atoms with Crippen molar-refractivity contribution in [3.63, 3.8) is 0 Å². The molecule has 0 amide bonds. The molecule has 0 aromatic heterocycles. The number of nitrogens with zero attached hydrogens (tertiary/aromatic N) is 1. The molecule has 0 radical (unpaired) electrons. The summed E-state index contributed by atoms with van der Waals surface area (Å²) in [5, 5.41) is 0. The molecule has 0 unspecified atom stereocenters. The normalized spacial score (nSPS) is 13.6. The van der Waals surface area contributed by atoms with Crippen molar-refractivity contribution >= 4 is 11.4 Å². The van der Waals surface area contributed by atoms with E-state index in [-0.39, 0.29) is 11.0 Å². The number of hydrogen-bond acceptors (Lipinski definition) is 1. The monoisotopic (exact) mass is 521 g/mol. The quantitative estimate of drug-likeness (QED) is 0.227. The molecule has 0 N–H and O–H groups in total. The second-order valence-electron chi connectivity index (χ2n) is 12.8. The van der Waals surface area contributed by atoms with Crippen molar-refractivity contribution in [2.75, 3.05) is 4.90 Å². The first-order valence-electron chi connectivity index (χ1n) is 14.4. The van der Waals surface area contributed by atoms with Gasteiger partial charge in [-0.25, -0.2) is 0 Å². The van der Waals surface area contributed by atoms with Gasteiger partial charge in [-0.3, -0.25) is 0 Å². The van der Waals surface area contributed by atoms with E-state index in [1.807, 2.05) is 0 Å². The molecule has 1 heteroatoms. The fraction of sp³-hybridized carbons (Fsp3) is 0.231. The van der Waals surface area contributed by atoms with Crippen LogP contribution in [0.2, 0.25) is 0 Å². The topological polar surface area (TPSA) is 3.24 Å². The molecule has 0 saturated carbocycles. The number of anilines is 2. The fourth-order valence-electron chi connectivity index (χ4n) is 6.51. The highest BCUT2D eigenvalue weighted by Crippen LogP contribution is 2.50. The van der Waals surface area contributed by atoms with Crippen LogP contribution >= 0.6 is 0 Å². The van der Waals surface area contributed by atoms with Gasteiger partial charge in [0.25, 0.3) is 0 Å². The lowest BCUT2D eigenvalue weighted by Crippen LogP contribution is -2.38. The van der Waals surface area contributed by atoms with Crippen LogP contribution in [-0.4, -0.2) is 5.54 Å². The minimum atomic E-state index is -0.0969. The SMILES string of the molecule is Cc1cc2c(cc1-c1ccc(N(c3cc(-c4ccccc4)ccc3C)C(C)(C)C)cc1)-c1ccccc1C2(C)C. The molecule has 6 rings (SSSR count). The van der Waals surface area contributed by atoms with E-state index in [2.05, 4.69) is 163 Å². The van der Waals surface area contributed by atoms with Crippen molar-refractivity contribution < 1.29 is 0 Å². The maximum absolute atomic E-state index is 2.48. The number of aryl methyl sites for hydroxylation is 2. The lowest BCUT2D eigenvalue weighted by Gasteiger charge is -2.39. The maximum Gasteiger partial charge on any atom is 0.0451 e. The van der Waals surface area contributed by atoms with Crippen LogP contribution in [0.25, 0.3) is 33.4 Å². The van der Waals surface area contributed by atoms with Gasteiger partial charge in [0.2, 0.25) is 0 Å². The van der Waals surface area contributed by atoms with Crippen LogP contribution < -0.4 is 4.90 Å². The maximum atomic E-state index is 2.48. The second-order valence-corrected chi connectivity index (χ2v) is 12.8. The van der Waals surface area contributed by atoms with E-state index in [9.17, 15) is 0 Å². The summed E-state index contributed by atoms with van der Waals surface area (Å²) in [6.45, 7) is 16.0. The summed E-state index contributed by atoms with van der Waals surface area (Å²) in [6.07, 6.45) is 0. The molecule has 5 aromatic rings. The van der Waals surface area contributed by atoms with Crippen LogP contribution in [0.5, 0.6) is 0 Å². The molecule has 40 heavy (non-hydrogen) atoms. The molecule has 0 heterocycles. The Kier molecular flexibility index (Phi) is 6.22. The predicted molar refractivity (Wildman–Crippen MR) is 173 cm³/mol. The van der Waals surface area contributed by atoms with Gasteiger partial charge >= 0.3 is 0 Å². The second kappa shape index (κ2) is 9.52. The van der Waals surface area contributed by atoms with E-state index in [4.69, 9.17) is 0 Å². The molecule has 0 spiro atoms. The first-order chi connectivity index (χ1) is 19.1. The Labute approximate surface area is 240 Å². The van der Waals surface area contributed by atoms with Gasteiger partial charge in [0.05, 0.1) is 0 Å². The molecule has 0 saturated heterocycles. The van der Waals surface area contributed by atoms with Crippen molar-refractivity contribution in [1.82, 2.24) is 0 Å². The number of rotatable bonds is 4. The van der Waals surface area contributed by atoms with E-state index in [1.54, 1.807) is 0 Å². The third kappa shape index (κ3) is 4.34. The molecule has 1 nitrogen and oxygen atoms in total. The van der Waals surface area contributed by atoms with Gasteiger partial charge < -0.3 is 4.90 Å². The van der Waals surface area contributed by atoms with Crippen molar-refractivity contribution in [1.29, 1.82) is 0 Å². The Morgan fingerprint density at radius 3 is 1.88 bits per heavy atom. The lowest BCUT2D eigenvalue weighted by molar-refractivity contribution is 0.559. The Balaban J connectivity index is 1.41. The van der Waals surface area contributed by atoms with Gasteiger partial charge in [-0.2, -0.15) is 0 Å². The summed E-state index contributed by atoms with van der Waals surface area (Å²) in [5.41, 5.74) is 15.6. The van der Waals surface area contributed by atoms with Gasteiger partial charge in [0.15, 0.2) is 0 Å². The van der Waals surface area contributed by atoms with Crippen LogP contribution in [0.1, 0.15) is 56.9 Å². The Bertz CT molecular complexity index is 1700. The summed E-state index contributed by atoms with van der Waals surface area (Å²) in [4.78, 5) is 2.48. The van der Waals surface area contributed by atoms with E-state index in [0.29, 0.717) is 0 Å². The van der Waals surface area contributed by atoms with Gasteiger partial charge in [-0.05, 0) is 115 Å².